The molecule has 1 N–H and O–H groups in total. The Morgan fingerprint density at radius 2 is 1.79 bits per heavy atom. The molecule has 0 spiro atoms. The summed E-state index contributed by atoms with van der Waals surface area (Å²) in [5.74, 6) is 0.536. The van der Waals surface area contributed by atoms with Crippen LogP contribution < -0.4 is 5.32 Å². The van der Waals surface area contributed by atoms with Gasteiger partial charge in [-0.1, -0.05) is 37.7 Å². The molecule has 4 nitrogen and oxygen atoms in total. The summed E-state index contributed by atoms with van der Waals surface area (Å²) in [6.45, 7) is 12.2. The van der Waals surface area contributed by atoms with E-state index in [1.807, 2.05) is 38.5 Å². The van der Waals surface area contributed by atoms with Crippen LogP contribution in [0.4, 0.5) is 0 Å². The molecule has 1 aromatic heterocycles. The molecule has 1 amide bonds. The van der Waals surface area contributed by atoms with E-state index in [1.54, 1.807) is 6.20 Å². The van der Waals surface area contributed by atoms with Crippen molar-refractivity contribution in [3.05, 3.63) is 42.2 Å². The van der Waals surface area contributed by atoms with Crippen LogP contribution in [0, 0.1) is 0 Å². The van der Waals surface area contributed by atoms with E-state index in [0.29, 0.717) is 5.92 Å². The van der Waals surface area contributed by atoms with Gasteiger partial charge in [0.15, 0.2) is 5.16 Å². The maximum absolute atomic E-state index is 12.3. The van der Waals surface area contributed by atoms with Gasteiger partial charge in [0.2, 0.25) is 5.91 Å². The van der Waals surface area contributed by atoms with Crippen LogP contribution in [-0.4, -0.2) is 26.2 Å². The third-order valence-electron chi connectivity index (χ3n) is 3.59. The Morgan fingerprint density at radius 3 is 2.33 bits per heavy atom. The first kappa shape index (κ1) is 18.6. The maximum atomic E-state index is 12.3. The molecule has 0 aliphatic carbocycles. The van der Waals surface area contributed by atoms with Crippen molar-refractivity contribution < 1.29 is 4.79 Å². The lowest BCUT2D eigenvalue weighted by Gasteiger charge is -2.23. The molecule has 1 unspecified atom stereocenters. The van der Waals surface area contributed by atoms with Gasteiger partial charge in [-0.3, -0.25) is 9.36 Å². The Balaban J connectivity index is 2.14. The van der Waals surface area contributed by atoms with Crippen LogP contribution in [0.25, 0.3) is 5.69 Å². The lowest BCUT2D eigenvalue weighted by molar-refractivity contribution is -0.121. The van der Waals surface area contributed by atoms with Gasteiger partial charge in [0, 0.05) is 23.6 Å². The van der Waals surface area contributed by atoms with Crippen molar-refractivity contribution in [3.8, 4) is 5.69 Å². The molecular weight excluding hydrogens is 318 g/mol. The number of imidazole rings is 1. The largest absolute Gasteiger partial charge is 0.351 e. The number of aromatic nitrogens is 2. The van der Waals surface area contributed by atoms with Gasteiger partial charge in [-0.25, -0.2) is 4.98 Å². The number of benzene rings is 1. The molecule has 0 aliphatic heterocycles. The fourth-order valence-corrected chi connectivity index (χ4v) is 3.16. The van der Waals surface area contributed by atoms with E-state index in [1.165, 1.54) is 17.3 Å². The highest BCUT2D eigenvalue weighted by atomic mass is 32.2. The number of nitrogens with one attached hydrogen (secondary N) is 1. The first-order chi connectivity index (χ1) is 11.2. The summed E-state index contributed by atoms with van der Waals surface area (Å²) in [4.78, 5) is 16.7. The molecule has 24 heavy (non-hydrogen) atoms. The molecule has 2 aromatic rings. The zero-order valence-electron chi connectivity index (χ0n) is 15.3. The second-order valence-electron chi connectivity index (χ2n) is 7.33. The lowest BCUT2D eigenvalue weighted by atomic mass is 10.0. The second kappa shape index (κ2) is 7.43. The summed E-state index contributed by atoms with van der Waals surface area (Å²) in [6, 6.07) is 8.48. The number of carbonyl (C=O) groups excluding carboxylic acids is 1. The van der Waals surface area contributed by atoms with Crippen molar-refractivity contribution in [2.45, 2.75) is 63.4 Å². The van der Waals surface area contributed by atoms with E-state index in [2.05, 4.69) is 48.4 Å². The van der Waals surface area contributed by atoms with E-state index >= 15 is 0 Å². The quantitative estimate of drug-likeness (QED) is 0.818. The van der Waals surface area contributed by atoms with Gasteiger partial charge in [0.25, 0.3) is 0 Å². The number of hydrogen-bond donors (Lipinski definition) is 1. The van der Waals surface area contributed by atoms with Gasteiger partial charge in [-0.15, -0.1) is 0 Å². The number of rotatable bonds is 5. The zero-order chi connectivity index (χ0) is 17.9. The first-order valence-corrected chi connectivity index (χ1v) is 9.17. The van der Waals surface area contributed by atoms with Crippen LogP contribution in [0.1, 0.15) is 53.0 Å². The number of hydrogen-bond acceptors (Lipinski definition) is 3. The summed E-state index contributed by atoms with van der Waals surface area (Å²) < 4.78 is 2.02. The molecule has 1 heterocycles. The van der Waals surface area contributed by atoms with E-state index in [0.717, 1.165) is 10.8 Å². The smallest absolute Gasteiger partial charge is 0.233 e. The van der Waals surface area contributed by atoms with E-state index in [-0.39, 0.29) is 16.7 Å². The average molecular weight is 346 g/mol. The fraction of sp³-hybridized carbons (Fsp3) is 0.474. The highest BCUT2D eigenvalue weighted by Gasteiger charge is 2.21. The maximum Gasteiger partial charge on any atom is 0.233 e. The zero-order valence-corrected chi connectivity index (χ0v) is 16.1. The Hall–Kier alpha value is -1.75. The Morgan fingerprint density at radius 1 is 1.17 bits per heavy atom. The minimum absolute atomic E-state index is 0.0252. The van der Waals surface area contributed by atoms with Gasteiger partial charge in [-0.05, 0) is 51.3 Å². The van der Waals surface area contributed by atoms with Crippen molar-refractivity contribution in [2.24, 2.45) is 0 Å². The molecule has 0 fully saturated rings. The average Bonchev–Trinajstić information content (AvgIpc) is 2.93. The minimum atomic E-state index is -0.228. The SMILES string of the molecule is CC(Sc1nccn1-c1ccc(C(C)C)cc1)C(=O)NC(C)(C)C. The van der Waals surface area contributed by atoms with Gasteiger partial charge in [-0.2, -0.15) is 0 Å². The van der Waals surface area contributed by atoms with Gasteiger partial charge >= 0.3 is 0 Å². The molecule has 0 aliphatic rings. The van der Waals surface area contributed by atoms with Crippen LogP contribution in [0.5, 0.6) is 0 Å². The predicted octanol–water partition coefficient (Wildman–Crippen LogP) is 4.39. The Bertz CT molecular complexity index is 683. The molecule has 1 aromatic carbocycles. The predicted molar refractivity (Wildman–Crippen MR) is 101 cm³/mol. The Labute approximate surface area is 149 Å². The normalized spacial score (nSPS) is 13.1. The topological polar surface area (TPSA) is 46.9 Å². The minimum Gasteiger partial charge on any atom is -0.351 e. The molecule has 0 radical (unpaired) electrons. The number of amides is 1. The summed E-state index contributed by atoms with van der Waals surface area (Å²) in [5, 5.41) is 3.63. The molecule has 0 saturated carbocycles. The summed E-state index contributed by atoms with van der Waals surface area (Å²) >= 11 is 1.47. The van der Waals surface area contributed by atoms with Crippen LogP contribution in [-0.2, 0) is 4.79 Å². The van der Waals surface area contributed by atoms with Crippen molar-refractivity contribution in [1.29, 1.82) is 0 Å². The molecule has 2 rings (SSSR count). The van der Waals surface area contributed by atoms with Crippen LogP contribution in [0.3, 0.4) is 0 Å². The molecule has 1 atom stereocenters. The van der Waals surface area contributed by atoms with E-state index in [4.69, 9.17) is 0 Å². The van der Waals surface area contributed by atoms with Gasteiger partial charge in [0.1, 0.15) is 0 Å². The van der Waals surface area contributed by atoms with Crippen LogP contribution >= 0.6 is 11.8 Å². The molecule has 5 heteroatoms. The van der Waals surface area contributed by atoms with Crippen molar-refractivity contribution in [1.82, 2.24) is 14.9 Å². The van der Waals surface area contributed by atoms with Crippen LogP contribution in [0.2, 0.25) is 0 Å². The molecule has 0 bridgehead atoms. The van der Waals surface area contributed by atoms with Gasteiger partial charge in [0.05, 0.1) is 5.25 Å². The van der Waals surface area contributed by atoms with E-state index < -0.39 is 0 Å². The van der Waals surface area contributed by atoms with Crippen LogP contribution in [0.15, 0.2) is 41.8 Å². The fourth-order valence-electron chi connectivity index (χ4n) is 2.28. The molecular formula is C19H27N3OS. The third kappa shape index (κ3) is 4.87. The van der Waals surface area contributed by atoms with Gasteiger partial charge < -0.3 is 5.32 Å². The number of nitrogens with zero attached hydrogens (tertiary/aromatic N) is 2. The molecule has 0 saturated heterocycles. The highest BCUT2D eigenvalue weighted by molar-refractivity contribution is 8.00. The second-order valence-corrected chi connectivity index (χ2v) is 8.63. The van der Waals surface area contributed by atoms with Crippen molar-refractivity contribution in [2.75, 3.05) is 0 Å². The number of thioether (sulfide) groups is 1. The van der Waals surface area contributed by atoms with Crippen molar-refractivity contribution in [3.63, 3.8) is 0 Å². The third-order valence-corrected chi connectivity index (χ3v) is 4.67. The molecule has 130 valence electrons. The summed E-state index contributed by atoms with van der Waals surface area (Å²) in [6.07, 6.45) is 3.70. The standard InChI is InChI=1S/C19H27N3OS/c1-13(2)15-7-9-16(10-8-15)22-12-11-20-18(22)24-14(3)17(23)21-19(4,5)6/h7-14H,1-6H3,(H,21,23). The lowest BCUT2D eigenvalue weighted by Crippen LogP contribution is -2.44. The summed E-state index contributed by atoms with van der Waals surface area (Å²) in [7, 11) is 0. The number of carbonyl (C=O) groups is 1. The Kier molecular flexibility index (Phi) is 5.75. The van der Waals surface area contributed by atoms with Crippen molar-refractivity contribution >= 4 is 17.7 Å². The summed E-state index contributed by atoms with van der Waals surface area (Å²) in [5.41, 5.74) is 2.14. The first-order valence-electron chi connectivity index (χ1n) is 8.30. The van der Waals surface area contributed by atoms with E-state index in [9.17, 15) is 4.79 Å². The monoisotopic (exact) mass is 345 g/mol. The highest BCUT2D eigenvalue weighted by Crippen LogP contribution is 2.26.